The van der Waals surface area contributed by atoms with Gasteiger partial charge in [-0.3, -0.25) is 14.5 Å². The molecule has 0 radical (unpaired) electrons. The molecule has 0 bridgehead atoms. The van der Waals surface area contributed by atoms with Crippen molar-refractivity contribution in [1.82, 2.24) is 14.9 Å². The topological polar surface area (TPSA) is 75.2 Å². The first-order valence-electron chi connectivity index (χ1n) is 10.4. The van der Waals surface area contributed by atoms with Gasteiger partial charge in [0, 0.05) is 23.6 Å². The Bertz CT molecular complexity index is 1190. The maximum Gasteiger partial charge on any atom is 0.278 e. The second-order valence-electron chi connectivity index (χ2n) is 7.73. The van der Waals surface area contributed by atoms with Crippen LogP contribution in [0.25, 0.3) is 0 Å². The van der Waals surface area contributed by atoms with E-state index in [0.29, 0.717) is 23.0 Å². The van der Waals surface area contributed by atoms with Gasteiger partial charge >= 0.3 is 0 Å². The van der Waals surface area contributed by atoms with E-state index in [1.54, 1.807) is 0 Å². The second-order valence-corrected chi connectivity index (χ2v) is 8.71. The van der Waals surface area contributed by atoms with Crippen LogP contribution in [0.5, 0.6) is 0 Å². The van der Waals surface area contributed by atoms with Crippen molar-refractivity contribution in [1.29, 1.82) is 0 Å². The van der Waals surface area contributed by atoms with Crippen molar-refractivity contribution in [2.75, 3.05) is 11.9 Å². The molecule has 162 valence electrons. The Hall–Kier alpha value is -3.45. The number of amides is 2. The van der Waals surface area contributed by atoms with Gasteiger partial charge in [0.25, 0.3) is 11.8 Å². The van der Waals surface area contributed by atoms with Crippen LogP contribution in [0.4, 0.5) is 5.69 Å². The molecule has 1 aliphatic heterocycles. The lowest BCUT2D eigenvalue weighted by molar-refractivity contribution is -0.137. The maximum absolute atomic E-state index is 13.3. The van der Waals surface area contributed by atoms with E-state index in [2.05, 4.69) is 15.3 Å². The van der Waals surface area contributed by atoms with Gasteiger partial charge in [-0.05, 0) is 68.3 Å². The number of nitrogens with one attached hydrogen (secondary N) is 1. The summed E-state index contributed by atoms with van der Waals surface area (Å²) in [5, 5.41) is 3.63. The summed E-state index contributed by atoms with van der Waals surface area (Å²) < 4.78 is 0. The number of anilines is 1. The lowest BCUT2D eigenvalue weighted by Crippen LogP contribution is -2.34. The molecule has 3 aromatic rings. The zero-order valence-electron chi connectivity index (χ0n) is 18.3. The summed E-state index contributed by atoms with van der Waals surface area (Å²) in [5.41, 5.74) is 4.77. The van der Waals surface area contributed by atoms with E-state index < -0.39 is 0 Å². The summed E-state index contributed by atoms with van der Waals surface area (Å²) in [6.07, 6.45) is 0.591. The highest BCUT2D eigenvalue weighted by Gasteiger charge is 2.39. The number of aryl methyl sites for hydroxylation is 3. The Morgan fingerprint density at radius 1 is 0.875 bits per heavy atom. The number of carbonyl (C=O) groups excluding carboxylic acids is 2. The summed E-state index contributed by atoms with van der Waals surface area (Å²) in [6.45, 7) is 6.05. The van der Waals surface area contributed by atoms with Crippen LogP contribution in [0.3, 0.4) is 0 Å². The third kappa shape index (κ3) is 4.89. The Morgan fingerprint density at radius 3 is 2.28 bits per heavy atom. The summed E-state index contributed by atoms with van der Waals surface area (Å²) in [6, 6.07) is 19.4. The highest BCUT2D eigenvalue weighted by Crippen LogP contribution is 2.34. The second kappa shape index (κ2) is 9.36. The molecule has 32 heavy (non-hydrogen) atoms. The first kappa shape index (κ1) is 21.8. The van der Waals surface area contributed by atoms with Gasteiger partial charge in [0.2, 0.25) is 0 Å². The number of benzene rings is 2. The Balaban J connectivity index is 1.64. The average molecular weight is 445 g/mol. The maximum atomic E-state index is 13.3. The number of imide groups is 1. The molecule has 1 aliphatic rings. The van der Waals surface area contributed by atoms with Gasteiger partial charge in [-0.1, -0.05) is 42.5 Å². The van der Waals surface area contributed by atoms with Crippen molar-refractivity contribution in [3.8, 4) is 0 Å². The molecule has 1 N–H and O–H groups in total. The fraction of sp³-hybridized carbons (Fsp3) is 0.200. The molecule has 0 unspecified atom stereocenters. The van der Waals surface area contributed by atoms with Crippen LogP contribution in [0.2, 0.25) is 0 Å². The van der Waals surface area contributed by atoms with Gasteiger partial charge in [-0.15, -0.1) is 0 Å². The van der Waals surface area contributed by atoms with E-state index in [9.17, 15) is 9.59 Å². The van der Waals surface area contributed by atoms with Gasteiger partial charge < -0.3 is 5.32 Å². The predicted octanol–water partition coefficient (Wildman–Crippen LogP) is 4.43. The molecule has 1 aromatic heterocycles. The molecule has 0 aliphatic carbocycles. The zero-order chi connectivity index (χ0) is 22.7. The molecular weight excluding hydrogens is 420 g/mol. The highest BCUT2D eigenvalue weighted by atomic mass is 32.2. The van der Waals surface area contributed by atoms with Crippen LogP contribution in [0, 0.1) is 20.8 Å². The van der Waals surface area contributed by atoms with Crippen LogP contribution in [-0.4, -0.2) is 33.2 Å². The predicted molar refractivity (Wildman–Crippen MR) is 126 cm³/mol. The third-order valence-corrected chi connectivity index (χ3v) is 5.98. The molecule has 0 spiro atoms. The molecule has 0 saturated heterocycles. The van der Waals surface area contributed by atoms with E-state index in [0.717, 1.165) is 40.0 Å². The van der Waals surface area contributed by atoms with Gasteiger partial charge in [0.1, 0.15) is 10.6 Å². The number of thioether (sulfide) groups is 1. The Labute approximate surface area is 191 Å². The lowest BCUT2D eigenvalue weighted by atomic mass is 10.1. The summed E-state index contributed by atoms with van der Waals surface area (Å²) in [4.78, 5) is 37.1. The van der Waals surface area contributed by atoms with Crippen molar-refractivity contribution in [3.05, 3.63) is 93.8 Å². The third-order valence-electron chi connectivity index (χ3n) is 5.03. The Kier molecular flexibility index (Phi) is 6.37. The Morgan fingerprint density at radius 2 is 1.59 bits per heavy atom. The van der Waals surface area contributed by atoms with Crippen molar-refractivity contribution in [3.63, 3.8) is 0 Å². The summed E-state index contributed by atoms with van der Waals surface area (Å²) in [5.74, 6) is -0.659. The van der Waals surface area contributed by atoms with Gasteiger partial charge in [0.05, 0.1) is 0 Å². The molecule has 4 rings (SSSR count). The molecular formula is C25H24N4O2S. The summed E-state index contributed by atoms with van der Waals surface area (Å²) in [7, 11) is 0. The number of nitrogens with zero attached hydrogens (tertiary/aromatic N) is 3. The van der Waals surface area contributed by atoms with Crippen LogP contribution < -0.4 is 5.32 Å². The van der Waals surface area contributed by atoms with E-state index in [1.165, 1.54) is 4.90 Å². The van der Waals surface area contributed by atoms with Gasteiger partial charge in [0.15, 0.2) is 5.16 Å². The average Bonchev–Trinajstić information content (AvgIpc) is 2.96. The van der Waals surface area contributed by atoms with Crippen molar-refractivity contribution in [2.45, 2.75) is 32.3 Å². The van der Waals surface area contributed by atoms with E-state index in [-0.39, 0.29) is 17.5 Å². The van der Waals surface area contributed by atoms with Gasteiger partial charge in [-0.25, -0.2) is 9.97 Å². The molecule has 0 saturated carbocycles. The monoisotopic (exact) mass is 444 g/mol. The fourth-order valence-electron chi connectivity index (χ4n) is 3.55. The van der Waals surface area contributed by atoms with Crippen LogP contribution in [0.1, 0.15) is 22.5 Å². The minimum Gasteiger partial charge on any atom is -0.350 e. The van der Waals surface area contributed by atoms with Crippen molar-refractivity contribution >= 4 is 29.3 Å². The van der Waals surface area contributed by atoms with Crippen LogP contribution in [-0.2, 0) is 16.0 Å². The summed E-state index contributed by atoms with van der Waals surface area (Å²) >= 11 is 1.13. The standard InChI is InChI=1S/C25H24N4O2S/c1-16-8-7-11-20(14-16)28-21-22(32-25-26-17(2)15-18(3)27-25)24(31)29(23(21)30)13-12-19-9-5-4-6-10-19/h4-11,14-15,28H,12-13H2,1-3H3. The quantitative estimate of drug-likeness (QED) is 0.429. The minimum absolute atomic E-state index is 0.265. The van der Waals surface area contributed by atoms with Crippen LogP contribution >= 0.6 is 11.8 Å². The van der Waals surface area contributed by atoms with Crippen molar-refractivity contribution in [2.24, 2.45) is 0 Å². The first-order chi connectivity index (χ1) is 15.4. The fourth-order valence-corrected chi connectivity index (χ4v) is 4.54. The largest absolute Gasteiger partial charge is 0.350 e. The highest BCUT2D eigenvalue weighted by molar-refractivity contribution is 8.04. The smallest absolute Gasteiger partial charge is 0.278 e. The molecule has 0 atom stereocenters. The van der Waals surface area contributed by atoms with E-state index in [1.807, 2.05) is 81.4 Å². The number of hydrogen-bond acceptors (Lipinski definition) is 6. The molecule has 7 heteroatoms. The number of carbonyl (C=O) groups is 2. The number of rotatable bonds is 7. The zero-order valence-corrected chi connectivity index (χ0v) is 19.1. The van der Waals surface area contributed by atoms with E-state index >= 15 is 0 Å². The SMILES string of the molecule is Cc1cccc(NC2=C(Sc3nc(C)cc(C)n3)C(=O)N(CCc3ccccc3)C2=O)c1. The first-order valence-corrected chi connectivity index (χ1v) is 11.2. The van der Waals surface area contributed by atoms with Gasteiger partial charge in [-0.2, -0.15) is 0 Å². The molecule has 2 heterocycles. The van der Waals surface area contributed by atoms with Crippen LogP contribution in [0.15, 0.2) is 76.4 Å². The van der Waals surface area contributed by atoms with E-state index in [4.69, 9.17) is 0 Å². The molecule has 0 fully saturated rings. The lowest BCUT2D eigenvalue weighted by Gasteiger charge is -2.15. The van der Waals surface area contributed by atoms with Crippen molar-refractivity contribution < 1.29 is 9.59 Å². The molecule has 6 nitrogen and oxygen atoms in total. The minimum atomic E-state index is -0.334. The normalized spacial score (nSPS) is 13.8. The molecule has 2 amide bonds. The number of hydrogen-bond donors (Lipinski definition) is 1. The molecule has 2 aromatic carbocycles. The number of aromatic nitrogens is 2.